The van der Waals surface area contributed by atoms with Crippen molar-refractivity contribution in [2.24, 2.45) is 4.99 Å². The van der Waals surface area contributed by atoms with Gasteiger partial charge < -0.3 is 26.0 Å². The van der Waals surface area contributed by atoms with Gasteiger partial charge >= 0.3 is 6.03 Å². The lowest BCUT2D eigenvalue weighted by atomic mass is 10.1. The van der Waals surface area contributed by atoms with E-state index in [0.717, 1.165) is 23.8 Å². The van der Waals surface area contributed by atoms with E-state index in [4.69, 9.17) is 4.74 Å². The van der Waals surface area contributed by atoms with Crippen molar-refractivity contribution in [2.75, 3.05) is 25.5 Å². The fourth-order valence-corrected chi connectivity index (χ4v) is 3.35. The molecular weight excluding hydrogens is 366 g/mol. The molecule has 0 bridgehead atoms. The van der Waals surface area contributed by atoms with Crippen LogP contribution in [0.25, 0.3) is 0 Å². The topological polar surface area (TPSA) is 86.8 Å². The molecule has 1 aliphatic carbocycles. The molecule has 1 aromatic carbocycles. The first-order valence-corrected chi connectivity index (χ1v) is 10.8. The lowest BCUT2D eigenvalue weighted by molar-refractivity contribution is 0.0468. The van der Waals surface area contributed by atoms with Gasteiger partial charge in [-0.15, -0.1) is 0 Å². The van der Waals surface area contributed by atoms with E-state index in [1.54, 1.807) is 7.05 Å². The number of ether oxygens (including phenoxy) is 1. The van der Waals surface area contributed by atoms with Crippen LogP contribution in [0.4, 0.5) is 10.5 Å². The van der Waals surface area contributed by atoms with Crippen molar-refractivity contribution >= 4 is 17.7 Å². The van der Waals surface area contributed by atoms with Gasteiger partial charge in [-0.2, -0.15) is 0 Å². The van der Waals surface area contributed by atoms with Gasteiger partial charge in [-0.05, 0) is 44.4 Å². The highest BCUT2D eigenvalue weighted by Crippen LogP contribution is 2.19. The number of aliphatic imine (C=N–C) groups is 1. The molecule has 7 nitrogen and oxygen atoms in total. The molecule has 162 valence electrons. The van der Waals surface area contributed by atoms with Gasteiger partial charge in [0.25, 0.3) is 0 Å². The summed E-state index contributed by atoms with van der Waals surface area (Å²) in [5.74, 6) is 0.757. The van der Waals surface area contributed by atoms with Crippen LogP contribution < -0.4 is 21.3 Å². The van der Waals surface area contributed by atoms with Crippen LogP contribution in [0.5, 0.6) is 0 Å². The summed E-state index contributed by atoms with van der Waals surface area (Å²) < 4.78 is 6.00. The molecular formula is C22H37N5O2. The first-order valence-electron chi connectivity index (χ1n) is 10.8. The van der Waals surface area contributed by atoms with Gasteiger partial charge in [0.15, 0.2) is 5.96 Å². The lowest BCUT2D eigenvalue weighted by Crippen LogP contribution is -2.38. The van der Waals surface area contributed by atoms with Crippen LogP contribution in [0.1, 0.15) is 57.9 Å². The summed E-state index contributed by atoms with van der Waals surface area (Å²) in [6.07, 6.45) is 8.07. The number of nitrogens with zero attached hydrogens (tertiary/aromatic N) is 1. The van der Waals surface area contributed by atoms with Gasteiger partial charge in [0.2, 0.25) is 0 Å². The third-order valence-electron chi connectivity index (χ3n) is 4.87. The summed E-state index contributed by atoms with van der Waals surface area (Å²) in [7, 11) is 1.77. The number of anilines is 1. The maximum absolute atomic E-state index is 11.7. The summed E-state index contributed by atoms with van der Waals surface area (Å²) >= 11 is 0. The number of benzene rings is 1. The molecule has 0 radical (unpaired) electrons. The Morgan fingerprint density at radius 3 is 2.41 bits per heavy atom. The predicted molar refractivity (Wildman–Crippen MR) is 119 cm³/mol. The van der Waals surface area contributed by atoms with E-state index >= 15 is 0 Å². The molecule has 0 aromatic heterocycles. The van der Waals surface area contributed by atoms with Crippen molar-refractivity contribution in [1.29, 1.82) is 0 Å². The molecule has 0 spiro atoms. The summed E-state index contributed by atoms with van der Waals surface area (Å²) in [4.78, 5) is 16.0. The SMILES string of the molecule is CN=C(NCCOC1CCCCCC1)NCc1ccc(NC(=O)NC(C)C)cc1. The molecule has 0 aliphatic heterocycles. The van der Waals surface area contributed by atoms with Gasteiger partial charge in [0, 0.05) is 31.9 Å². The molecule has 0 heterocycles. The standard InChI is InChI=1S/C22H37N5O2/c1-17(2)26-22(28)27-19-12-10-18(11-13-19)16-25-21(23-3)24-14-15-29-20-8-6-4-5-7-9-20/h10-13,17,20H,4-9,14-16H2,1-3H3,(H2,23,24,25)(H2,26,27,28). The highest BCUT2D eigenvalue weighted by molar-refractivity contribution is 5.89. The van der Waals surface area contributed by atoms with Crippen LogP contribution in [0.15, 0.2) is 29.3 Å². The minimum atomic E-state index is -0.193. The van der Waals surface area contributed by atoms with E-state index < -0.39 is 0 Å². The molecule has 0 atom stereocenters. The summed E-state index contributed by atoms with van der Waals surface area (Å²) in [5, 5.41) is 12.2. The van der Waals surface area contributed by atoms with Crippen molar-refractivity contribution < 1.29 is 9.53 Å². The maximum Gasteiger partial charge on any atom is 0.319 e. The number of rotatable bonds is 8. The Labute approximate surface area is 175 Å². The number of carbonyl (C=O) groups excluding carboxylic acids is 1. The van der Waals surface area contributed by atoms with Crippen LogP contribution in [0.3, 0.4) is 0 Å². The fourth-order valence-electron chi connectivity index (χ4n) is 3.35. The Morgan fingerprint density at radius 2 is 1.79 bits per heavy atom. The average Bonchev–Trinajstić information content (AvgIpc) is 2.97. The van der Waals surface area contributed by atoms with Crippen LogP contribution in [0.2, 0.25) is 0 Å². The second-order valence-electron chi connectivity index (χ2n) is 7.79. The minimum absolute atomic E-state index is 0.107. The Morgan fingerprint density at radius 1 is 1.10 bits per heavy atom. The molecule has 2 rings (SSSR count). The molecule has 29 heavy (non-hydrogen) atoms. The highest BCUT2D eigenvalue weighted by atomic mass is 16.5. The van der Waals surface area contributed by atoms with Crippen molar-refractivity contribution in [3.05, 3.63) is 29.8 Å². The van der Waals surface area contributed by atoms with E-state index in [2.05, 4.69) is 26.3 Å². The van der Waals surface area contributed by atoms with E-state index in [1.807, 2.05) is 38.1 Å². The normalized spacial score (nSPS) is 15.7. The van der Waals surface area contributed by atoms with Crippen molar-refractivity contribution in [3.63, 3.8) is 0 Å². The monoisotopic (exact) mass is 403 g/mol. The summed E-state index contributed by atoms with van der Waals surface area (Å²) in [6.45, 7) is 5.95. The van der Waals surface area contributed by atoms with E-state index in [0.29, 0.717) is 19.3 Å². The van der Waals surface area contributed by atoms with Gasteiger partial charge in [-0.25, -0.2) is 4.79 Å². The molecule has 0 unspecified atom stereocenters. The molecule has 1 fully saturated rings. The van der Waals surface area contributed by atoms with E-state index in [9.17, 15) is 4.79 Å². The molecule has 0 saturated heterocycles. The third kappa shape index (κ3) is 9.65. The largest absolute Gasteiger partial charge is 0.376 e. The first kappa shape index (κ1) is 23.0. The van der Waals surface area contributed by atoms with Crippen LogP contribution in [0, 0.1) is 0 Å². The zero-order chi connectivity index (χ0) is 20.9. The quantitative estimate of drug-likeness (QED) is 0.231. The van der Waals surface area contributed by atoms with Crippen molar-refractivity contribution in [1.82, 2.24) is 16.0 Å². The first-order chi connectivity index (χ1) is 14.1. The average molecular weight is 404 g/mol. The van der Waals surface area contributed by atoms with E-state index in [-0.39, 0.29) is 12.1 Å². The number of guanidine groups is 1. The minimum Gasteiger partial charge on any atom is -0.376 e. The highest BCUT2D eigenvalue weighted by Gasteiger charge is 2.12. The van der Waals surface area contributed by atoms with Crippen LogP contribution >= 0.6 is 0 Å². The number of carbonyl (C=O) groups is 1. The summed E-state index contributed by atoms with van der Waals surface area (Å²) in [5.41, 5.74) is 1.88. The zero-order valence-electron chi connectivity index (χ0n) is 18.1. The predicted octanol–water partition coefficient (Wildman–Crippen LogP) is 3.62. The van der Waals surface area contributed by atoms with Gasteiger partial charge in [0.05, 0.1) is 12.7 Å². The smallest absolute Gasteiger partial charge is 0.319 e. The number of urea groups is 1. The molecule has 2 amide bonds. The number of nitrogens with one attached hydrogen (secondary N) is 4. The van der Waals surface area contributed by atoms with Gasteiger partial charge in [-0.1, -0.05) is 37.8 Å². The fraction of sp³-hybridized carbons (Fsp3) is 0.636. The van der Waals surface area contributed by atoms with E-state index in [1.165, 1.54) is 38.5 Å². The molecule has 7 heteroatoms. The third-order valence-corrected chi connectivity index (χ3v) is 4.87. The second-order valence-corrected chi connectivity index (χ2v) is 7.79. The molecule has 1 aliphatic rings. The Bertz CT molecular complexity index is 623. The van der Waals surface area contributed by atoms with Crippen molar-refractivity contribution in [3.8, 4) is 0 Å². The zero-order valence-corrected chi connectivity index (χ0v) is 18.1. The Balaban J connectivity index is 1.65. The van der Waals surface area contributed by atoms with Gasteiger partial charge in [-0.3, -0.25) is 4.99 Å². The second kappa shape index (κ2) is 13.0. The Kier molecular flexibility index (Phi) is 10.3. The van der Waals surface area contributed by atoms with Gasteiger partial charge in [0.1, 0.15) is 0 Å². The van der Waals surface area contributed by atoms with Crippen LogP contribution in [-0.2, 0) is 11.3 Å². The Hall–Kier alpha value is -2.28. The molecule has 1 saturated carbocycles. The number of amides is 2. The maximum atomic E-state index is 11.7. The molecule has 4 N–H and O–H groups in total. The number of hydrogen-bond donors (Lipinski definition) is 4. The molecule has 1 aromatic rings. The lowest BCUT2D eigenvalue weighted by Gasteiger charge is -2.17. The van der Waals surface area contributed by atoms with Crippen LogP contribution in [-0.4, -0.2) is 44.3 Å². The number of hydrogen-bond acceptors (Lipinski definition) is 3. The van der Waals surface area contributed by atoms with Crippen molar-refractivity contribution in [2.45, 2.75) is 71.1 Å². The summed E-state index contributed by atoms with van der Waals surface area (Å²) in [6, 6.07) is 7.68.